The monoisotopic (exact) mass is 378 g/mol. The molecule has 0 saturated heterocycles. The van der Waals surface area contributed by atoms with Gasteiger partial charge in [-0.1, -0.05) is 60.3 Å². The van der Waals surface area contributed by atoms with Gasteiger partial charge in [-0.05, 0) is 12.1 Å². The number of carbonyl (C=O) groups is 1. The summed E-state index contributed by atoms with van der Waals surface area (Å²) < 4.78 is 6.75. The summed E-state index contributed by atoms with van der Waals surface area (Å²) in [6.07, 6.45) is 0. The van der Waals surface area contributed by atoms with E-state index in [9.17, 15) is 9.59 Å². The first-order valence-corrected chi connectivity index (χ1v) is 9.11. The number of nitrogens with zero attached hydrogens (tertiary/aromatic N) is 3. The first kappa shape index (κ1) is 17.0. The molecule has 0 unspecified atom stereocenters. The average molecular weight is 378 g/mol. The third-order valence-corrected chi connectivity index (χ3v) is 4.56. The molecule has 2 aromatic heterocycles. The molecule has 0 radical (unpaired) electrons. The van der Waals surface area contributed by atoms with Gasteiger partial charge in [0.1, 0.15) is 5.75 Å². The molecule has 1 N–H and O–H groups in total. The van der Waals surface area contributed by atoms with Crippen LogP contribution in [0.2, 0.25) is 0 Å². The van der Waals surface area contributed by atoms with Gasteiger partial charge in [0, 0.05) is 11.6 Å². The number of benzene rings is 2. The Morgan fingerprint density at radius 3 is 2.48 bits per heavy atom. The van der Waals surface area contributed by atoms with Crippen LogP contribution in [0.1, 0.15) is 0 Å². The summed E-state index contributed by atoms with van der Waals surface area (Å²) in [6.45, 7) is 0. The van der Waals surface area contributed by atoms with Crippen LogP contribution in [-0.2, 0) is 4.79 Å². The van der Waals surface area contributed by atoms with E-state index < -0.39 is 5.97 Å². The maximum Gasteiger partial charge on any atom is 0.321 e. The van der Waals surface area contributed by atoms with Crippen molar-refractivity contribution in [3.05, 3.63) is 77.1 Å². The van der Waals surface area contributed by atoms with Crippen LogP contribution in [-0.4, -0.2) is 31.3 Å². The van der Waals surface area contributed by atoms with Gasteiger partial charge in [0.25, 0.3) is 5.56 Å². The smallest absolute Gasteiger partial charge is 0.321 e. The molecule has 0 amide bonds. The van der Waals surface area contributed by atoms with E-state index in [4.69, 9.17) is 4.74 Å². The van der Waals surface area contributed by atoms with Crippen LogP contribution in [0.4, 0.5) is 0 Å². The topological polar surface area (TPSA) is 89.4 Å². The van der Waals surface area contributed by atoms with Crippen molar-refractivity contribution in [2.75, 3.05) is 5.75 Å². The third-order valence-electron chi connectivity index (χ3n) is 3.65. The van der Waals surface area contributed by atoms with Gasteiger partial charge in [0.2, 0.25) is 0 Å². The summed E-state index contributed by atoms with van der Waals surface area (Å²) in [5.74, 6) is 0.590. The van der Waals surface area contributed by atoms with Gasteiger partial charge in [-0.3, -0.25) is 14.7 Å². The lowest BCUT2D eigenvalue weighted by Crippen LogP contribution is -2.12. The lowest BCUT2D eigenvalue weighted by molar-refractivity contribution is -0.131. The second kappa shape index (κ2) is 7.46. The Balaban J connectivity index is 1.60. The summed E-state index contributed by atoms with van der Waals surface area (Å²) in [4.78, 5) is 32.8. The Morgan fingerprint density at radius 1 is 1.04 bits per heavy atom. The number of fused-ring (bicyclic) bond motifs is 1. The van der Waals surface area contributed by atoms with Crippen molar-refractivity contribution in [2.45, 2.75) is 5.16 Å². The lowest BCUT2D eigenvalue weighted by atomic mass is 10.2. The molecular formula is C19H14N4O3S. The van der Waals surface area contributed by atoms with E-state index in [2.05, 4.69) is 15.1 Å². The van der Waals surface area contributed by atoms with Crippen molar-refractivity contribution < 1.29 is 9.53 Å². The third kappa shape index (κ3) is 3.90. The van der Waals surface area contributed by atoms with Crippen LogP contribution in [0.15, 0.2) is 76.7 Å². The van der Waals surface area contributed by atoms with Crippen molar-refractivity contribution in [2.24, 2.45) is 0 Å². The first-order valence-electron chi connectivity index (χ1n) is 8.13. The van der Waals surface area contributed by atoms with Gasteiger partial charge in [-0.25, -0.2) is 14.5 Å². The maximum absolute atomic E-state index is 12.1. The van der Waals surface area contributed by atoms with E-state index in [1.54, 1.807) is 24.3 Å². The van der Waals surface area contributed by atoms with Gasteiger partial charge in [-0.2, -0.15) is 0 Å². The number of esters is 1. The molecule has 0 bridgehead atoms. The minimum Gasteiger partial charge on any atom is -0.426 e. The molecule has 2 aromatic carbocycles. The van der Waals surface area contributed by atoms with Gasteiger partial charge < -0.3 is 4.74 Å². The highest BCUT2D eigenvalue weighted by molar-refractivity contribution is 7.99. The van der Waals surface area contributed by atoms with Gasteiger partial charge in [0.15, 0.2) is 16.6 Å². The molecule has 0 spiro atoms. The van der Waals surface area contributed by atoms with E-state index in [1.807, 2.05) is 36.4 Å². The van der Waals surface area contributed by atoms with E-state index in [-0.39, 0.29) is 11.3 Å². The number of thioether (sulfide) groups is 1. The minimum absolute atomic E-state index is 0.0372. The number of H-pyrrole nitrogens is 1. The van der Waals surface area contributed by atoms with Crippen molar-refractivity contribution >= 4 is 23.4 Å². The normalized spacial score (nSPS) is 10.8. The minimum atomic E-state index is -0.409. The van der Waals surface area contributed by atoms with Crippen LogP contribution in [0.5, 0.6) is 5.75 Å². The standard InChI is InChI=1S/C19H14N4O3S/c24-16-11-15-20-18(13-7-3-1-4-8-13)21-19(23(15)22-16)27-12-17(25)26-14-9-5-2-6-10-14/h1-11H,12H2,(H,22,24). The predicted octanol–water partition coefficient (Wildman–Crippen LogP) is 2.78. The average Bonchev–Trinajstić information content (AvgIpc) is 3.08. The summed E-state index contributed by atoms with van der Waals surface area (Å²) in [7, 11) is 0. The molecule has 0 saturated carbocycles. The highest BCUT2D eigenvalue weighted by Crippen LogP contribution is 2.21. The van der Waals surface area contributed by atoms with E-state index in [0.717, 1.165) is 5.56 Å². The van der Waals surface area contributed by atoms with E-state index in [1.165, 1.54) is 22.3 Å². The molecule has 134 valence electrons. The zero-order chi connectivity index (χ0) is 18.6. The molecule has 7 nitrogen and oxygen atoms in total. The molecule has 4 aromatic rings. The van der Waals surface area contributed by atoms with Crippen molar-refractivity contribution in [3.63, 3.8) is 0 Å². The Morgan fingerprint density at radius 2 is 1.74 bits per heavy atom. The summed E-state index contributed by atoms with van der Waals surface area (Å²) >= 11 is 1.17. The molecule has 0 fully saturated rings. The Labute approximate surface area is 158 Å². The van der Waals surface area contributed by atoms with Crippen LogP contribution in [0.3, 0.4) is 0 Å². The lowest BCUT2D eigenvalue weighted by Gasteiger charge is -2.07. The first-order chi connectivity index (χ1) is 13.2. The van der Waals surface area contributed by atoms with E-state index >= 15 is 0 Å². The van der Waals surface area contributed by atoms with Crippen LogP contribution in [0.25, 0.3) is 17.0 Å². The Bertz CT molecular complexity index is 1140. The summed E-state index contributed by atoms with van der Waals surface area (Å²) in [5.41, 5.74) is 0.971. The van der Waals surface area contributed by atoms with Gasteiger partial charge in [0.05, 0.1) is 5.75 Å². The van der Waals surface area contributed by atoms with Gasteiger partial charge in [-0.15, -0.1) is 0 Å². The molecule has 0 atom stereocenters. The van der Waals surface area contributed by atoms with Crippen molar-refractivity contribution in [1.29, 1.82) is 0 Å². The number of ether oxygens (including phenoxy) is 1. The largest absolute Gasteiger partial charge is 0.426 e. The van der Waals surface area contributed by atoms with Crippen LogP contribution >= 0.6 is 11.8 Å². The fourth-order valence-electron chi connectivity index (χ4n) is 2.47. The molecule has 0 aliphatic rings. The quantitative estimate of drug-likeness (QED) is 0.326. The van der Waals surface area contributed by atoms with E-state index in [0.29, 0.717) is 22.4 Å². The van der Waals surface area contributed by atoms with Crippen LogP contribution < -0.4 is 10.3 Å². The summed E-state index contributed by atoms with van der Waals surface area (Å²) in [6, 6.07) is 19.7. The van der Waals surface area contributed by atoms with Crippen LogP contribution in [0, 0.1) is 0 Å². The van der Waals surface area contributed by atoms with Crippen molar-refractivity contribution in [1.82, 2.24) is 19.6 Å². The zero-order valence-corrected chi connectivity index (χ0v) is 14.8. The second-order valence-corrected chi connectivity index (χ2v) is 6.53. The number of hydrogen-bond donors (Lipinski definition) is 1. The molecule has 2 heterocycles. The molecule has 8 heteroatoms. The zero-order valence-electron chi connectivity index (χ0n) is 14.0. The van der Waals surface area contributed by atoms with Gasteiger partial charge >= 0.3 is 5.97 Å². The summed E-state index contributed by atoms with van der Waals surface area (Å²) in [5, 5.41) is 3.09. The predicted molar refractivity (Wildman–Crippen MR) is 102 cm³/mol. The highest BCUT2D eigenvalue weighted by Gasteiger charge is 2.14. The number of rotatable bonds is 5. The molecule has 27 heavy (non-hydrogen) atoms. The number of nitrogens with one attached hydrogen (secondary N) is 1. The molecular weight excluding hydrogens is 364 g/mol. The Kier molecular flexibility index (Phi) is 4.71. The fourth-order valence-corrected chi connectivity index (χ4v) is 3.19. The molecule has 0 aliphatic carbocycles. The molecule has 4 rings (SSSR count). The Hall–Kier alpha value is -3.39. The van der Waals surface area contributed by atoms with Crippen molar-refractivity contribution in [3.8, 4) is 17.1 Å². The SMILES string of the molecule is O=C(CSc1nc(-c2ccccc2)nc2cc(=O)[nH]n12)Oc1ccccc1. The molecule has 0 aliphatic heterocycles. The number of hydrogen-bond acceptors (Lipinski definition) is 6. The number of para-hydroxylation sites is 1. The second-order valence-electron chi connectivity index (χ2n) is 5.59. The maximum atomic E-state index is 12.1. The number of aromatic nitrogens is 4. The fraction of sp³-hybridized carbons (Fsp3) is 0.0526. The number of carbonyl (C=O) groups excluding carboxylic acids is 1. The highest BCUT2D eigenvalue weighted by atomic mass is 32.2. The number of aromatic amines is 1.